The fraction of sp³-hybridized carbons (Fsp3) is 0.182. The van der Waals surface area contributed by atoms with Crippen LogP contribution < -0.4 is 5.32 Å². The van der Waals surface area contributed by atoms with E-state index >= 15 is 0 Å². The second kappa shape index (κ2) is 7.16. The van der Waals surface area contributed by atoms with Gasteiger partial charge in [-0.25, -0.2) is 4.98 Å². The van der Waals surface area contributed by atoms with Crippen molar-refractivity contribution in [2.24, 2.45) is 0 Å². The van der Waals surface area contributed by atoms with Gasteiger partial charge in [0.2, 0.25) is 0 Å². The molecule has 0 fully saturated rings. The third kappa shape index (κ3) is 3.80. The molecular formula is C22H18N4S2. The summed E-state index contributed by atoms with van der Waals surface area (Å²) in [5.74, 6) is 7.36. The Morgan fingerprint density at radius 1 is 1.11 bits per heavy atom. The largest absolute Gasteiger partial charge is 0.365 e. The standard InChI is InChI=1S/C22H18N4S2/c1-22(2,3)25-20-19(24-21-26(20)11-12-27-21)18-10-9-17(28-18)8-7-15-5-4-6-16(13-15)14-23/h4-6,9-13,25H,1-3H3. The Bertz CT molecular complexity index is 1250. The van der Waals surface area contributed by atoms with Crippen molar-refractivity contribution >= 4 is 33.5 Å². The fourth-order valence-corrected chi connectivity index (χ4v) is 4.33. The summed E-state index contributed by atoms with van der Waals surface area (Å²) in [6.45, 7) is 6.43. The number of thiazole rings is 1. The van der Waals surface area contributed by atoms with Gasteiger partial charge in [0.05, 0.1) is 21.4 Å². The molecular weight excluding hydrogens is 384 g/mol. The summed E-state index contributed by atoms with van der Waals surface area (Å²) in [4.78, 5) is 7.84. The third-order valence-corrected chi connectivity index (χ3v) is 5.68. The summed E-state index contributed by atoms with van der Waals surface area (Å²) >= 11 is 3.25. The number of benzene rings is 1. The number of aromatic nitrogens is 2. The number of fused-ring (bicyclic) bond motifs is 1. The molecule has 6 heteroatoms. The molecule has 138 valence electrons. The van der Waals surface area contributed by atoms with Crippen LogP contribution in [-0.4, -0.2) is 14.9 Å². The molecule has 3 heterocycles. The van der Waals surface area contributed by atoms with Crippen molar-refractivity contribution in [3.8, 4) is 28.5 Å². The number of nitrogens with one attached hydrogen (secondary N) is 1. The normalized spacial score (nSPS) is 11.1. The Hall–Kier alpha value is -3.06. The van der Waals surface area contributed by atoms with Crippen LogP contribution in [0.2, 0.25) is 0 Å². The van der Waals surface area contributed by atoms with Crippen molar-refractivity contribution < 1.29 is 0 Å². The molecule has 3 aromatic heterocycles. The van der Waals surface area contributed by atoms with E-state index in [0.717, 1.165) is 31.8 Å². The molecule has 0 aliphatic carbocycles. The summed E-state index contributed by atoms with van der Waals surface area (Å²) in [5.41, 5.74) is 2.34. The molecule has 0 atom stereocenters. The van der Waals surface area contributed by atoms with Crippen LogP contribution >= 0.6 is 22.7 Å². The molecule has 0 radical (unpaired) electrons. The smallest absolute Gasteiger partial charge is 0.195 e. The van der Waals surface area contributed by atoms with Gasteiger partial charge in [-0.1, -0.05) is 17.9 Å². The molecule has 0 aliphatic heterocycles. The maximum Gasteiger partial charge on any atom is 0.195 e. The highest BCUT2D eigenvalue weighted by Gasteiger charge is 2.20. The van der Waals surface area contributed by atoms with Crippen molar-refractivity contribution in [1.29, 1.82) is 5.26 Å². The molecule has 4 nitrogen and oxygen atoms in total. The molecule has 0 saturated carbocycles. The maximum atomic E-state index is 9.02. The first-order valence-electron chi connectivity index (χ1n) is 8.79. The van der Waals surface area contributed by atoms with Crippen LogP contribution in [0, 0.1) is 23.2 Å². The van der Waals surface area contributed by atoms with E-state index in [4.69, 9.17) is 10.2 Å². The van der Waals surface area contributed by atoms with E-state index in [0.29, 0.717) is 5.56 Å². The molecule has 1 N–H and O–H groups in total. The minimum Gasteiger partial charge on any atom is -0.365 e. The number of imidazole rings is 1. The van der Waals surface area contributed by atoms with Crippen molar-refractivity contribution in [3.05, 3.63) is 64.0 Å². The topological polar surface area (TPSA) is 53.1 Å². The Morgan fingerprint density at radius 2 is 1.93 bits per heavy atom. The highest BCUT2D eigenvalue weighted by Crippen LogP contribution is 2.36. The minimum absolute atomic E-state index is 0.0711. The molecule has 0 bridgehead atoms. The second-order valence-electron chi connectivity index (χ2n) is 7.35. The van der Waals surface area contributed by atoms with Gasteiger partial charge in [0.1, 0.15) is 11.5 Å². The van der Waals surface area contributed by atoms with Crippen molar-refractivity contribution in [3.63, 3.8) is 0 Å². The van der Waals surface area contributed by atoms with E-state index in [1.54, 1.807) is 34.8 Å². The Morgan fingerprint density at radius 3 is 2.71 bits per heavy atom. The predicted octanol–water partition coefficient (Wildman–Crippen LogP) is 5.61. The lowest BCUT2D eigenvalue weighted by atomic mass is 10.1. The fourth-order valence-electron chi connectivity index (χ4n) is 2.76. The van der Waals surface area contributed by atoms with Gasteiger partial charge in [-0.2, -0.15) is 5.26 Å². The van der Waals surface area contributed by atoms with Gasteiger partial charge in [-0.05, 0) is 51.1 Å². The lowest BCUT2D eigenvalue weighted by Crippen LogP contribution is -2.27. The SMILES string of the molecule is CC(C)(C)Nc1c(-c2ccc(C#Cc3cccc(C#N)c3)s2)nc2sccn12. The van der Waals surface area contributed by atoms with Gasteiger partial charge < -0.3 is 5.32 Å². The van der Waals surface area contributed by atoms with Gasteiger partial charge in [0.15, 0.2) is 4.96 Å². The van der Waals surface area contributed by atoms with Crippen LogP contribution in [0.25, 0.3) is 15.5 Å². The van der Waals surface area contributed by atoms with Gasteiger partial charge in [0.25, 0.3) is 0 Å². The van der Waals surface area contributed by atoms with E-state index in [2.05, 4.69) is 54.5 Å². The summed E-state index contributed by atoms with van der Waals surface area (Å²) in [6.07, 6.45) is 2.04. The van der Waals surface area contributed by atoms with Gasteiger partial charge in [-0.15, -0.1) is 22.7 Å². The summed E-state index contributed by atoms with van der Waals surface area (Å²) in [5, 5.41) is 14.6. The van der Waals surface area contributed by atoms with Crippen molar-refractivity contribution in [2.75, 3.05) is 5.32 Å². The molecule has 1 aromatic carbocycles. The molecule has 4 rings (SSSR count). The molecule has 0 aliphatic rings. The number of anilines is 1. The number of hydrogen-bond donors (Lipinski definition) is 1. The average Bonchev–Trinajstić information content (AvgIpc) is 3.36. The van der Waals surface area contributed by atoms with Gasteiger partial charge in [-0.3, -0.25) is 4.40 Å². The van der Waals surface area contributed by atoms with E-state index in [9.17, 15) is 0 Å². The van der Waals surface area contributed by atoms with Crippen LogP contribution in [-0.2, 0) is 0 Å². The Kier molecular flexibility index (Phi) is 4.68. The number of nitriles is 1. The zero-order valence-corrected chi connectivity index (χ0v) is 17.4. The second-order valence-corrected chi connectivity index (χ2v) is 9.30. The lowest BCUT2D eigenvalue weighted by molar-refractivity contribution is 0.630. The molecule has 0 spiro atoms. The minimum atomic E-state index is -0.0711. The predicted molar refractivity (Wildman–Crippen MR) is 117 cm³/mol. The molecule has 0 saturated heterocycles. The maximum absolute atomic E-state index is 9.02. The zero-order valence-electron chi connectivity index (χ0n) is 15.8. The van der Waals surface area contributed by atoms with Crippen LogP contribution in [0.15, 0.2) is 48.0 Å². The van der Waals surface area contributed by atoms with E-state index in [1.807, 2.05) is 29.8 Å². The third-order valence-electron chi connectivity index (χ3n) is 3.92. The van der Waals surface area contributed by atoms with Crippen molar-refractivity contribution in [2.45, 2.75) is 26.3 Å². The Labute approximate surface area is 172 Å². The van der Waals surface area contributed by atoms with Crippen LogP contribution in [0.4, 0.5) is 5.82 Å². The number of hydrogen-bond acceptors (Lipinski definition) is 5. The van der Waals surface area contributed by atoms with Gasteiger partial charge in [0, 0.05) is 22.7 Å². The zero-order chi connectivity index (χ0) is 19.7. The van der Waals surface area contributed by atoms with E-state index in [1.165, 1.54) is 0 Å². The lowest BCUT2D eigenvalue weighted by Gasteiger charge is -2.22. The monoisotopic (exact) mass is 402 g/mol. The quantitative estimate of drug-likeness (QED) is 0.444. The Balaban J connectivity index is 1.69. The summed E-state index contributed by atoms with van der Waals surface area (Å²) in [6, 6.07) is 13.6. The first kappa shape index (κ1) is 18.3. The highest BCUT2D eigenvalue weighted by atomic mass is 32.1. The first-order chi connectivity index (χ1) is 13.4. The first-order valence-corrected chi connectivity index (χ1v) is 10.5. The van der Waals surface area contributed by atoms with Crippen LogP contribution in [0.3, 0.4) is 0 Å². The highest BCUT2D eigenvalue weighted by molar-refractivity contribution is 7.16. The number of rotatable bonds is 2. The molecule has 4 aromatic rings. The number of nitrogens with zero attached hydrogens (tertiary/aromatic N) is 3. The van der Waals surface area contributed by atoms with Crippen LogP contribution in [0.1, 0.15) is 36.8 Å². The van der Waals surface area contributed by atoms with Crippen molar-refractivity contribution in [1.82, 2.24) is 9.38 Å². The average molecular weight is 403 g/mol. The number of thiophene rings is 1. The van der Waals surface area contributed by atoms with E-state index < -0.39 is 0 Å². The summed E-state index contributed by atoms with van der Waals surface area (Å²) in [7, 11) is 0. The molecule has 0 unspecified atom stereocenters. The van der Waals surface area contributed by atoms with Crippen LogP contribution in [0.5, 0.6) is 0 Å². The molecule has 28 heavy (non-hydrogen) atoms. The van der Waals surface area contributed by atoms with Gasteiger partial charge >= 0.3 is 0 Å². The van der Waals surface area contributed by atoms with E-state index in [-0.39, 0.29) is 5.54 Å². The summed E-state index contributed by atoms with van der Waals surface area (Å²) < 4.78 is 2.10. The molecule has 0 amide bonds.